The molecular formula is C27H31N7O2. The van der Waals surface area contributed by atoms with Crippen LogP contribution in [0.5, 0.6) is 5.88 Å². The van der Waals surface area contributed by atoms with Crippen molar-refractivity contribution in [1.29, 1.82) is 5.26 Å². The Balaban J connectivity index is 1.62. The lowest BCUT2D eigenvalue weighted by Gasteiger charge is -2.24. The molecule has 1 fully saturated rings. The Labute approximate surface area is 210 Å². The topological polar surface area (TPSA) is 113 Å². The van der Waals surface area contributed by atoms with Crippen LogP contribution in [0.2, 0.25) is 0 Å². The molecule has 0 spiro atoms. The number of nitriles is 1. The third-order valence-corrected chi connectivity index (χ3v) is 6.85. The molecule has 0 unspecified atom stereocenters. The predicted molar refractivity (Wildman–Crippen MR) is 136 cm³/mol. The third kappa shape index (κ3) is 4.45. The zero-order valence-electron chi connectivity index (χ0n) is 20.9. The van der Waals surface area contributed by atoms with Crippen LogP contribution in [-0.2, 0) is 6.42 Å². The quantitative estimate of drug-likeness (QED) is 0.410. The van der Waals surface area contributed by atoms with E-state index in [1.54, 1.807) is 10.6 Å². The molecule has 5 rings (SSSR count). The van der Waals surface area contributed by atoms with Gasteiger partial charge < -0.3 is 15.2 Å². The minimum atomic E-state index is -0.339. The molecule has 0 aliphatic carbocycles. The SMILES string of the molecule is Cc1ccc([C@@H](C)Oc2cc(-c3c(CCO)nn(C4CCNCC4)c3C)cc3ncc(C#N)n23)nc1. The van der Waals surface area contributed by atoms with Crippen LogP contribution in [0.3, 0.4) is 0 Å². The summed E-state index contributed by atoms with van der Waals surface area (Å²) in [7, 11) is 0. The highest BCUT2D eigenvalue weighted by atomic mass is 16.5. The Hall–Kier alpha value is -3.74. The summed E-state index contributed by atoms with van der Waals surface area (Å²) in [6.45, 7) is 7.97. The molecule has 186 valence electrons. The van der Waals surface area contributed by atoms with Crippen LogP contribution < -0.4 is 10.1 Å². The highest BCUT2D eigenvalue weighted by molar-refractivity contribution is 5.74. The molecule has 1 aliphatic heterocycles. The van der Waals surface area contributed by atoms with Crippen molar-refractivity contribution in [3.05, 3.63) is 65.0 Å². The van der Waals surface area contributed by atoms with E-state index < -0.39 is 0 Å². The van der Waals surface area contributed by atoms with Gasteiger partial charge in [-0.2, -0.15) is 10.4 Å². The molecule has 4 aromatic heterocycles. The number of fused-ring (bicyclic) bond motifs is 1. The largest absolute Gasteiger partial charge is 0.469 e. The lowest BCUT2D eigenvalue weighted by atomic mass is 10.0. The highest BCUT2D eigenvalue weighted by Crippen LogP contribution is 2.35. The zero-order chi connectivity index (χ0) is 25.2. The summed E-state index contributed by atoms with van der Waals surface area (Å²) < 4.78 is 10.3. The maximum Gasteiger partial charge on any atom is 0.201 e. The minimum absolute atomic E-state index is 0.0133. The maximum atomic E-state index is 9.78. The fourth-order valence-corrected chi connectivity index (χ4v) is 4.99. The van der Waals surface area contributed by atoms with Crippen molar-refractivity contribution in [2.24, 2.45) is 0 Å². The second-order valence-electron chi connectivity index (χ2n) is 9.36. The van der Waals surface area contributed by atoms with E-state index in [-0.39, 0.29) is 12.7 Å². The van der Waals surface area contributed by atoms with E-state index in [9.17, 15) is 10.4 Å². The smallest absolute Gasteiger partial charge is 0.201 e. The molecular weight excluding hydrogens is 454 g/mol. The summed E-state index contributed by atoms with van der Waals surface area (Å²) in [5.74, 6) is 0.510. The Bertz CT molecular complexity index is 1410. The van der Waals surface area contributed by atoms with Gasteiger partial charge in [-0.15, -0.1) is 0 Å². The number of aromatic nitrogens is 5. The van der Waals surface area contributed by atoms with Gasteiger partial charge in [0.15, 0.2) is 0 Å². The summed E-state index contributed by atoms with van der Waals surface area (Å²) >= 11 is 0. The predicted octanol–water partition coefficient (Wildman–Crippen LogP) is 3.68. The molecule has 0 saturated carbocycles. The van der Waals surface area contributed by atoms with Crippen LogP contribution in [0, 0.1) is 25.2 Å². The average molecular weight is 486 g/mol. The van der Waals surface area contributed by atoms with Gasteiger partial charge in [0.05, 0.1) is 23.6 Å². The molecule has 9 nitrogen and oxygen atoms in total. The molecule has 2 N–H and O–H groups in total. The van der Waals surface area contributed by atoms with E-state index in [1.165, 1.54) is 0 Å². The molecule has 4 aromatic rings. The monoisotopic (exact) mass is 485 g/mol. The first-order valence-corrected chi connectivity index (χ1v) is 12.4. The standard InChI is InChI=1S/C27H31N7O2/c1-17-4-5-23(30-15-17)19(3)36-26-13-20(12-25-31-16-22(14-28)33(25)26)27-18(2)34(32-24(27)8-11-35)21-6-9-29-10-7-21/h4-5,12-13,15-16,19,21,29,35H,6-11H2,1-3H3/t19-/m1/s1. The van der Waals surface area contributed by atoms with E-state index in [2.05, 4.69) is 33.0 Å². The van der Waals surface area contributed by atoms with Crippen molar-refractivity contribution in [3.8, 4) is 23.1 Å². The fourth-order valence-electron chi connectivity index (χ4n) is 4.99. The van der Waals surface area contributed by atoms with Gasteiger partial charge in [-0.25, -0.2) is 4.98 Å². The van der Waals surface area contributed by atoms with Gasteiger partial charge in [0.25, 0.3) is 0 Å². The number of nitrogens with zero attached hydrogens (tertiary/aromatic N) is 6. The zero-order valence-corrected chi connectivity index (χ0v) is 20.9. The van der Waals surface area contributed by atoms with Crippen molar-refractivity contribution in [2.75, 3.05) is 19.7 Å². The molecule has 0 amide bonds. The summed E-state index contributed by atoms with van der Waals surface area (Å²) in [6.07, 6.45) is 5.52. The van der Waals surface area contributed by atoms with Crippen LogP contribution in [0.1, 0.15) is 60.3 Å². The van der Waals surface area contributed by atoms with Gasteiger partial charge in [0, 0.05) is 36.5 Å². The van der Waals surface area contributed by atoms with Gasteiger partial charge in [-0.3, -0.25) is 14.1 Å². The fraction of sp³-hybridized carbons (Fsp3) is 0.407. The van der Waals surface area contributed by atoms with Crippen molar-refractivity contribution >= 4 is 5.65 Å². The molecule has 0 aromatic carbocycles. The van der Waals surface area contributed by atoms with Crippen molar-refractivity contribution in [2.45, 2.75) is 52.2 Å². The number of ether oxygens (including phenoxy) is 1. The molecule has 0 bridgehead atoms. The Morgan fingerprint density at radius 1 is 1.19 bits per heavy atom. The normalized spacial score (nSPS) is 15.2. The van der Waals surface area contributed by atoms with Crippen molar-refractivity contribution in [1.82, 2.24) is 29.5 Å². The first-order chi connectivity index (χ1) is 17.5. The van der Waals surface area contributed by atoms with Crippen molar-refractivity contribution < 1.29 is 9.84 Å². The number of nitrogens with one attached hydrogen (secondary N) is 1. The number of aliphatic hydroxyl groups excluding tert-OH is 1. The second-order valence-corrected chi connectivity index (χ2v) is 9.36. The minimum Gasteiger partial charge on any atom is -0.469 e. The highest BCUT2D eigenvalue weighted by Gasteiger charge is 2.25. The first-order valence-electron chi connectivity index (χ1n) is 12.4. The van der Waals surface area contributed by atoms with Crippen LogP contribution in [0.25, 0.3) is 16.8 Å². The van der Waals surface area contributed by atoms with E-state index in [1.807, 2.05) is 44.3 Å². The van der Waals surface area contributed by atoms with Gasteiger partial charge in [-0.05, 0) is 70.0 Å². The van der Waals surface area contributed by atoms with E-state index in [0.29, 0.717) is 29.7 Å². The lowest BCUT2D eigenvalue weighted by Crippen LogP contribution is -2.30. The molecule has 5 heterocycles. The summed E-state index contributed by atoms with van der Waals surface area (Å²) in [5.41, 5.74) is 6.68. The number of hydrogen-bond donors (Lipinski definition) is 2. The number of piperidine rings is 1. The number of aryl methyl sites for hydroxylation is 1. The molecule has 36 heavy (non-hydrogen) atoms. The van der Waals surface area contributed by atoms with E-state index in [4.69, 9.17) is 9.84 Å². The summed E-state index contributed by atoms with van der Waals surface area (Å²) in [4.78, 5) is 9.00. The van der Waals surface area contributed by atoms with Gasteiger partial charge in [0.1, 0.15) is 23.5 Å². The molecule has 1 saturated heterocycles. The van der Waals surface area contributed by atoms with Crippen molar-refractivity contribution in [3.63, 3.8) is 0 Å². The number of pyridine rings is 2. The number of hydrogen-bond acceptors (Lipinski definition) is 7. The van der Waals surface area contributed by atoms with Gasteiger partial charge in [-0.1, -0.05) is 6.07 Å². The lowest BCUT2D eigenvalue weighted by molar-refractivity contribution is 0.210. The Morgan fingerprint density at radius 2 is 2.00 bits per heavy atom. The van der Waals surface area contributed by atoms with Crippen LogP contribution in [0.15, 0.2) is 36.7 Å². The maximum absolute atomic E-state index is 9.78. The molecule has 9 heteroatoms. The number of imidazole rings is 1. The second kappa shape index (κ2) is 10.1. The van der Waals surface area contributed by atoms with Crippen LogP contribution in [0.4, 0.5) is 0 Å². The Morgan fingerprint density at radius 3 is 2.69 bits per heavy atom. The van der Waals surface area contributed by atoms with Gasteiger partial charge in [0.2, 0.25) is 5.88 Å². The summed E-state index contributed by atoms with van der Waals surface area (Å²) in [5, 5.41) is 27.8. The first kappa shape index (κ1) is 24.0. The Kier molecular flexibility index (Phi) is 6.72. The number of rotatable bonds is 7. The average Bonchev–Trinajstić information content (AvgIpc) is 3.45. The van der Waals surface area contributed by atoms with E-state index >= 15 is 0 Å². The molecule has 1 atom stereocenters. The van der Waals surface area contributed by atoms with Crippen LogP contribution in [-0.4, -0.2) is 49.0 Å². The molecule has 0 radical (unpaired) electrons. The van der Waals surface area contributed by atoms with Crippen LogP contribution >= 0.6 is 0 Å². The van der Waals surface area contributed by atoms with E-state index in [0.717, 1.165) is 59.7 Å². The third-order valence-electron chi connectivity index (χ3n) is 6.85. The van der Waals surface area contributed by atoms with Gasteiger partial charge >= 0.3 is 0 Å². The molecule has 1 aliphatic rings. The number of aliphatic hydroxyl groups is 1. The summed E-state index contributed by atoms with van der Waals surface area (Å²) in [6, 6.07) is 10.4.